The summed E-state index contributed by atoms with van der Waals surface area (Å²) in [6, 6.07) is 2.75. The van der Waals surface area contributed by atoms with E-state index in [-0.39, 0.29) is 0 Å². The molecular weight excluding hydrogens is 174 g/mol. The molecule has 2 unspecified atom stereocenters. The van der Waals surface area contributed by atoms with Crippen LogP contribution in [0.3, 0.4) is 0 Å². The topological polar surface area (TPSA) is 29.9 Å². The fourth-order valence-electron chi connectivity index (χ4n) is 2.20. The maximum atomic E-state index is 4.41. The monoisotopic (exact) mass is 193 g/mol. The van der Waals surface area contributed by atoms with Crippen LogP contribution in [0.5, 0.6) is 0 Å². The van der Waals surface area contributed by atoms with E-state index < -0.39 is 0 Å². The first kappa shape index (κ1) is 9.71. The average Bonchev–Trinajstić information content (AvgIpc) is 2.51. The molecule has 0 spiro atoms. The molecule has 0 aromatic carbocycles. The second-order valence-electron chi connectivity index (χ2n) is 4.47. The lowest BCUT2D eigenvalue weighted by Crippen LogP contribution is -2.38. The summed E-state index contributed by atoms with van der Waals surface area (Å²) in [5.41, 5.74) is 1.21. The first-order chi connectivity index (χ1) is 6.74. The van der Waals surface area contributed by atoms with E-state index in [0.717, 1.165) is 12.3 Å². The molecule has 2 heterocycles. The van der Waals surface area contributed by atoms with Gasteiger partial charge in [-0.1, -0.05) is 6.92 Å². The van der Waals surface area contributed by atoms with E-state index in [2.05, 4.69) is 23.4 Å². The molecule has 14 heavy (non-hydrogen) atoms. The van der Waals surface area contributed by atoms with Crippen LogP contribution in [0, 0.1) is 5.92 Å². The van der Waals surface area contributed by atoms with E-state index in [4.69, 9.17) is 0 Å². The van der Waals surface area contributed by atoms with Gasteiger partial charge in [0.1, 0.15) is 0 Å². The number of nitrogens with one attached hydrogen (secondary N) is 1. The fraction of sp³-hybridized carbons (Fsp3) is 0.727. The normalized spacial score (nSPS) is 27.9. The molecular formula is C11H19N3. The van der Waals surface area contributed by atoms with E-state index in [1.165, 1.54) is 25.1 Å². The van der Waals surface area contributed by atoms with Crippen LogP contribution in [0.2, 0.25) is 0 Å². The molecule has 2 rings (SSSR count). The summed E-state index contributed by atoms with van der Waals surface area (Å²) in [4.78, 5) is 0. The van der Waals surface area contributed by atoms with Crippen LogP contribution < -0.4 is 5.32 Å². The first-order valence-corrected chi connectivity index (χ1v) is 5.46. The van der Waals surface area contributed by atoms with Crippen molar-refractivity contribution < 1.29 is 0 Å². The van der Waals surface area contributed by atoms with Gasteiger partial charge in [-0.3, -0.25) is 4.68 Å². The third kappa shape index (κ3) is 2.35. The predicted molar refractivity (Wildman–Crippen MR) is 57.1 cm³/mol. The van der Waals surface area contributed by atoms with Crippen LogP contribution in [-0.2, 0) is 13.5 Å². The lowest BCUT2D eigenvalue weighted by Gasteiger charge is -2.27. The molecule has 0 bridgehead atoms. The molecule has 78 valence electrons. The highest BCUT2D eigenvalue weighted by molar-refractivity contribution is 5.01. The van der Waals surface area contributed by atoms with E-state index in [0.29, 0.717) is 6.04 Å². The van der Waals surface area contributed by atoms with Gasteiger partial charge < -0.3 is 5.32 Å². The number of hydrogen-bond donors (Lipinski definition) is 1. The van der Waals surface area contributed by atoms with Gasteiger partial charge in [0.2, 0.25) is 0 Å². The molecule has 1 aliphatic rings. The zero-order valence-electron chi connectivity index (χ0n) is 9.03. The third-order valence-corrected chi connectivity index (χ3v) is 2.98. The molecule has 2 atom stereocenters. The molecule has 1 aromatic heterocycles. The van der Waals surface area contributed by atoms with Gasteiger partial charge in [0.15, 0.2) is 0 Å². The molecule has 0 saturated carbocycles. The van der Waals surface area contributed by atoms with Gasteiger partial charge >= 0.3 is 0 Å². The van der Waals surface area contributed by atoms with Crippen LogP contribution in [-0.4, -0.2) is 22.4 Å². The largest absolute Gasteiger partial charge is 0.314 e. The molecule has 3 nitrogen and oxygen atoms in total. The molecule has 1 aliphatic heterocycles. The van der Waals surface area contributed by atoms with Crippen LogP contribution in [0.1, 0.15) is 25.5 Å². The maximum absolute atomic E-state index is 4.41. The minimum atomic E-state index is 0.633. The Morgan fingerprint density at radius 1 is 1.64 bits per heavy atom. The van der Waals surface area contributed by atoms with Crippen molar-refractivity contribution in [2.24, 2.45) is 13.0 Å². The van der Waals surface area contributed by atoms with Crippen LogP contribution >= 0.6 is 0 Å². The van der Waals surface area contributed by atoms with Crippen molar-refractivity contribution in [1.29, 1.82) is 0 Å². The van der Waals surface area contributed by atoms with Gasteiger partial charge in [-0.05, 0) is 31.4 Å². The summed E-state index contributed by atoms with van der Waals surface area (Å²) in [6.45, 7) is 3.50. The summed E-state index contributed by atoms with van der Waals surface area (Å²) < 4.78 is 1.88. The Labute approximate surface area is 85.5 Å². The Bertz CT molecular complexity index is 292. The number of piperidine rings is 1. The Morgan fingerprint density at radius 2 is 2.50 bits per heavy atom. The summed E-state index contributed by atoms with van der Waals surface area (Å²) in [7, 11) is 1.97. The number of aryl methyl sites for hydroxylation is 1. The van der Waals surface area contributed by atoms with Gasteiger partial charge in [0, 0.05) is 25.7 Å². The van der Waals surface area contributed by atoms with Crippen molar-refractivity contribution in [2.75, 3.05) is 6.54 Å². The van der Waals surface area contributed by atoms with Crippen LogP contribution in [0.15, 0.2) is 12.3 Å². The van der Waals surface area contributed by atoms with Crippen LogP contribution in [0.4, 0.5) is 0 Å². The minimum absolute atomic E-state index is 0.633. The lowest BCUT2D eigenvalue weighted by molar-refractivity contribution is 0.317. The van der Waals surface area contributed by atoms with Crippen molar-refractivity contribution in [2.45, 2.75) is 32.2 Å². The highest BCUT2D eigenvalue weighted by Crippen LogP contribution is 2.17. The summed E-state index contributed by atoms with van der Waals surface area (Å²) in [5, 5.41) is 7.96. The van der Waals surface area contributed by atoms with Crippen molar-refractivity contribution in [3.8, 4) is 0 Å². The lowest BCUT2D eigenvalue weighted by atomic mass is 9.92. The van der Waals surface area contributed by atoms with Gasteiger partial charge in [-0.25, -0.2) is 0 Å². The van der Waals surface area contributed by atoms with Crippen molar-refractivity contribution in [3.05, 3.63) is 18.0 Å². The molecule has 0 radical (unpaired) electrons. The zero-order valence-corrected chi connectivity index (χ0v) is 9.03. The summed E-state index contributed by atoms with van der Waals surface area (Å²) >= 11 is 0. The quantitative estimate of drug-likeness (QED) is 0.768. The van der Waals surface area contributed by atoms with Crippen molar-refractivity contribution in [3.63, 3.8) is 0 Å². The Kier molecular flexibility index (Phi) is 2.87. The van der Waals surface area contributed by atoms with Gasteiger partial charge in [0.05, 0.1) is 5.69 Å². The van der Waals surface area contributed by atoms with E-state index in [1.807, 2.05) is 17.9 Å². The predicted octanol–water partition coefficient (Wildman–Crippen LogP) is 1.35. The van der Waals surface area contributed by atoms with Crippen molar-refractivity contribution >= 4 is 0 Å². The Hall–Kier alpha value is -0.830. The number of rotatable bonds is 2. The minimum Gasteiger partial charge on any atom is -0.314 e. The Balaban J connectivity index is 1.90. The van der Waals surface area contributed by atoms with Crippen molar-refractivity contribution in [1.82, 2.24) is 15.1 Å². The SMILES string of the molecule is CC1CCNC(Cc2ccn(C)n2)C1. The smallest absolute Gasteiger partial charge is 0.0640 e. The standard InChI is InChI=1S/C11H19N3/c1-9-3-5-12-11(7-9)8-10-4-6-14(2)13-10/h4,6,9,11-12H,3,5,7-8H2,1-2H3. The highest BCUT2D eigenvalue weighted by atomic mass is 15.2. The average molecular weight is 193 g/mol. The van der Waals surface area contributed by atoms with Crippen LogP contribution in [0.25, 0.3) is 0 Å². The van der Waals surface area contributed by atoms with E-state index >= 15 is 0 Å². The zero-order chi connectivity index (χ0) is 9.97. The molecule has 0 aliphatic carbocycles. The third-order valence-electron chi connectivity index (χ3n) is 2.98. The number of nitrogens with zero attached hydrogens (tertiary/aromatic N) is 2. The number of aromatic nitrogens is 2. The summed E-state index contributed by atoms with van der Waals surface area (Å²) in [5.74, 6) is 0.866. The fourth-order valence-corrected chi connectivity index (χ4v) is 2.20. The van der Waals surface area contributed by atoms with Gasteiger partial charge in [0.25, 0.3) is 0 Å². The van der Waals surface area contributed by atoms with Gasteiger partial charge in [-0.15, -0.1) is 0 Å². The molecule has 0 amide bonds. The maximum Gasteiger partial charge on any atom is 0.0640 e. The molecule has 1 fully saturated rings. The van der Waals surface area contributed by atoms with E-state index in [1.54, 1.807) is 0 Å². The number of hydrogen-bond acceptors (Lipinski definition) is 2. The highest BCUT2D eigenvalue weighted by Gasteiger charge is 2.18. The van der Waals surface area contributed by atoms with Gasteiger partial charge in [-0.2, -0.15) is 5.10 Å². The summed E-state index contributed by atoms with van der Waals surface area (Å²) in [6.07, 6.45) is 5.70. The second kappa shape index (κ2) is 4.13. The molecule has 1 saturated heterocycles. The second-order valence-corrected chi connectivity index (χ2v) is 4.47. The first-order valence-electron chi connectivity index (χ1n) is 5.46. The Morgan fingerprint density at radius 3 is 3.14 bits per heavy atom. The van der Waals surface area contributed by atoms with E-state index in [9.17, 15) is 0 Å². The molecule has 3 heteroatoms. The molecule has 1 N–H and O–H groups in total. The molecule has 1 aromatic rings.